The molecule has 1 atom stereocenters. The molecule has 108 valence electrons. The number of nitrogens with zero attached hydrogens (tertiary/aromatic N) is 1. The standard InChI is InChI=1S/C15H13BrN2O3/c1-10(11-5-3-2-4-6-11)17-15(19)12-7-8-13(16)14(9-12)18(20)21/h2-10H,1H3,(H,17,19)/t10-/m0/s1. The van der Waals surface area contributed by atoms with E-state index in [1.54, 1.807) is 6.07 Å². The Morgan fingerprint density at radius 1 is 1.24 bits per heavy atom. The van der Waals surface area contributed by atoms with Crippen LogP contribution in [0.2, 0.25) is 0 Å². The maximum Gasteiger partial charge on any atom is 0.284 e. The van der Waals surface area contributed by atoms with Gasteiger partial charge >= 0.3 is 0 Å². The van der Waals surface area contributed by atoms with Gasteiger partial charge in [0.25, 0.3) is 11.6 Å². The van der Waals surface area contributed by atoms with Crippen molar-refractivity contribution < 1.29 is 9.72 Å². The largest absolute Gasteiger partial charge is 0.346 e. The van der Waals surface area contributed by atoms with Crippen LogP contribution in [0.25, 0.3) is 0 Å². The molecule has 2 rings (SSSR count). The van der Waals surface area contributed by atoms with Crippen LogP contribution in [0, 0.1) is 10.1 Å². The van der Waals surface area contributed by atoms with E-state index in [2.05, 4.69) is 21.2 Å². The minimum Gasteiger partial charge on any atom is -0.346 e. The molecule has 1 N–H and O–H groups in total. The van der Waals surface area contributed by atoms with Gasteiger partial charge in [0.05, 0.1) is 15.4 Å². The summed E-state index contributed by atoms with van der Waals surface area (Å²) in [5.74, 6) is -0.345. The Morgan fingerprint density at radius 3 is 2.52 bits per heavy atom. The van der Waals surface area contributed by atoms with Gasteiger partial charge in [0.15, 0.2) is 0 Å². The lowest BCUT2D eigenvalue weighted by Gasteiger charge is -2.14. The normalized spacial score (nSPS) is 11.7. The molecule has 0 aromatic heterocycles. The zero-order valence-electron chi connectivity index (χ0n) is 11.2. The summed E-state index contributed by atoms with van der Waals surface area (Å²) in [6.45, 7) is 1.86. The molecule has 21 heavy (non-hydrogen) atoms. The second kappa shape index (κ2) is 6.49. The summed E-state index contributed by atoms with van der Waals surface area (Å²) >= 11 is 3.09. The Hall–Kier alpha value is -2.21. The zero-order valence-corrected chi connectivity index (χ0v) is 12.8. The average molecular weight is 349 g/mol. The lowest BCUT2D eigenvalue weighted by Crippen LogP contribution is -2.26. The molecule has 2 aromatic carbocycles. The molecule has 0 spiro atoms. The number of hydrogen-bond donors (Lipinski definition) is 1. The number of halogens is 1. The van der Waals surface area contributed by atoms with Gasteiger partial charge in [-0.3, -0.25) is 14.9 Å². The van der Waals surface area contributed by atoms with E-state index in [1.807, 2.05) is 37.3 Å². The molecule has 0 unspecified atom stereocenters. The van der Waals surface area contributed by atoms with Crippen molar-refractivity contribution in [2.45, 2.75) is 13.0 Å². The van der Waals surface area contributed by atoms with Crippen molar-refractivity contribution in [2.24, 2.45) is 0 Å². The van der Waals surface area contributed by atoms with Crippen LogP contribution < -0.4 is 5.32 Å². The molecule has 0 heterocycles. The van der Waals surface area contributed by atoms with Crippen LogP contribution in [-0.4, -0.2) is 10.8 Å². The topological polar surface area (TPSA) is 72.2 Å². The van der Waals surface area contributed by atoms with Gasteiger partial charge in [0, 0.05) is 11.6 Å². The lowest BCUT2D eigenvalue weighted by molar-refractivity contribution is -0.385. The van der Waals surface area contributed by atoms with E-state index in [-0.39, 0.29) is 23.2 Å². The fourth-order valence-electron chi connectivity index (χ4n) is 1.90. The number of nitrogens with one attached hydrogen (secondary N) is 1. The first-order valence-electron chi connectivity index (χ1n) is 6.29. The van der Waals surface area contributed by atoms with E-state index in [0.29, 0.717) is 4.47 Å². The summed E-state index contributed by atoms with van der Waals surface area (Å²) in [7, 11) is 0. The fraction of sp³-hybridized carbons (Fsp3) is 0.133. The summed E-state index contributed by atoms with van der Waals surface area (Å²) in [6, 6.07) is 13.6. The fourth-order valence-corrected chi connectivity index (χ4v) is 2.29. The number of rotatable bonds is 4. The van der Waals surface area contributed by atoms with E-state index in [1.165, 1.54) is 12.1 Å². The number of hydrogen-bond acceptors (Lipinski definition) is 3. The van der Waals surface area contributed by atoms with Crippen molar-refractivity contribution in [3.05, 3.63) is 74.2 Å². The first kappa shape index (κ1) is 15.2. The molecule has 0 bridgehead atoms. The summed E-state index contributed by atoms with van der Waals surface area (Å²) < 4.78 is 0.347. The Morgan fingerprint density at radius 2 is 1.90 bits per heavy atom. The second-order valence-corrected chi connectivity index (χ2v) is 5.38. The van der Waals surface area contributed by atoms with E-state index >= 15 is 0 Å². The maximum absolute atomic E-state index is 12.2. The molecule has 2 aromatic rings. The number of carbonyl (C=O) groups excluding carboxylic acids is 1. The Bertz CT molecular complexity index is 674. The van der Waals surface area contributed by atoms with Gasteiger partial charge < -0.3 is 5.32 Å². The number of nitro groups is 1. The molecule has 1 amide bonds. The second-order valence-electron chi connectivity index (χ2n) is 4.53. The highest BCUT2D eigenvalue weighted by molar-refractivity contribution is 9.10. The van der Waals surface area contributed by atoms with Crippen LogP contribution in [0.3, 0.4) is 0 Å². The first-order chi connectivity index (χ1) is 9.99. The van der Waals surface area contributed by atoms with Gasteiger partial charge in [-0.25, -0.2) is 0 Å². The first-order valence-corrected chi connectivity index (χ1v) is 7.08. The van der Waals surface area contributed by atoms with Crippen LogP contribution >= 0.6 is 15.9 Å². The van der Waals surface area contributed by atoms with Crippen LogP contribution in [0.15, 0.2) is 53.0 Å². The summed E-state index contributed by atoms with van der Waals surface area (Å²) in [4.78, 5) is 22.5. The maximum atomic E-state index is 12.2. The molecule has 6 heteroatoms. The van der Waals surface area contributed by atoms with Crippen LogP contribution in [0.4, 0.5) is 5.69 Å². The molecule has 0 saturated heterocycles. The Labute approximate surface area is 130 Å². The predicted molar refractivity (Wildman–Crippen MR) is 83.1 cm³/mol. The summed E-state index contributed by atoms with van der Waals surface area (Å²) in [5, 5.41) is 13.7. The number of carbonyl (C=O) groups is 1. The molecular formula is C15H13BrN2O3. The average Bonchev–Trinajstić information content (AvgIpc) is 2.48. The minimum atomic E-state index is -0.526. The third-order valence-electron chi connectivity index (χ3n) is 3.05. The third kappa shape index (κ3) is 3.66. The van der Waals surface area contributed by atoms with Crippen LogP contribution in [0.1, 0.15) is 28.9 Å². The molecule has 0 aliphatic rings. The lowest BCUT2D eigenvalue weighted by atomic mass is 10.1. The van der Waals surface area contributed by atoms with Gasteiger partial charge in [-0.15, -0.1) is 0 Å². The number of amides is 1. The predicted octanol–water partition coefficient (Wildman–Crippen LogP) is 3.85. The molecular weight excluding hydrogens is 336 g/mol. The molecule has 5 nitrogen and oxygen atoms in total. The van der Waals surface area contributed by atoms with Crippen molar-refractivity contribution in [1.29, 1.82) is 0 Å². The Kier molecular flexibility index (Phi) is 4.70. The third-order valence-corrected chi connectivity index (χ3v) is 3.72. The quantitative estimate of drug-likeness (QED) is 0.673. The van der Waals surface area contributed by atoms with Gasteiger partial charge in [-0.1, -0.05) is 30.3 Å². The molecule has 0 fully saturated rings. The van der Waals surface area contributed by atoms with E-state index < -0.39 is 4.92 Å². The minimum absolute atomic E-state index is 0.130. The SMILES string of the molecule is C[C@H](NC(=O)c1ccc(Br)c([N+](=O)[O-])c1)c1ccccc1. The highest BCUT2D eigenvalue weighted by atomic mass is 79.9. The number of nitro benzene ring substituents is 1. The van der Waals surface area contributed by atoms with Gasteiger partial charge in [-0.05, 0) is 40.5 Å². The van der Waals surface area contributed by atoms with Crippen molar-refractivity contribution in [3.8, 4) is 0 Å². The zero-order chi connectivity index (χ0) is 15.4. The van der Waals surface area contributed by atoms with Gasteiger partial charge in [-0.2, -0.15) is 0 Å². The molecule has 0 saturated carbocycles. The van der Waals surface area contributed by atoms with Crippen LogP contribution in [0.5, 0.6) is 0 Å². The van der Waals surface area contributed by atoms with Crippen molar-refractivity contribution in [1.82, 2.24) is 5.32 Å². The van der Waals surface area contributed by atoms with Gasteiger partial charge in [0.2, 0.25) is 0 Å². The van der Waals surface area contributed by atoms with Crippen molar-refractivity contribution >= 4 is 27.5 Å². The van der Waals surface area contributed by atoms with E-state index in [0.717, 1.165) is 5.56 Å². The number of benzene rings is 2. The van der Waals surface area contributed by atoms with E-state index in [4.69, 9.17) is 0 Å². The molecule has 0 radical (unpaired) electrons. The molecule has 0 aliphatic heterocycles. The highest BCUT2D eigenvalue weighted by Gasteiger charge is 2.17. The van der Waals surface area contributed by atoms with E-state index in [9.17, 15) is 14.9 Å². The van der Waals surface area contributed by atoms with Crippen molar-refractivity contribution in [2.75, 3.05) is 0 Å². The monoisotopic (exact) mass is 348 g/mol. The van der Waals surface area contributed by atoms with Crippen LogP contribution in [-0.2, 0) is 0 Å². The van der Waals surface area contributed by atoms with Crippen molar-refractivity contribution in [3.63, 3.8) is 0 Å². The summed E-state index contributed by atoms with van der Waals surface area (Å²) in [5.41, 5.74) is 1.10. The molecule has 0 aliphatic carbocycles. The van der Waals surface area contributed by atoms with Gasteiger partial charge in [0.1, 0.15) is 0 Å². The highest BCUT2D eigenvalue weighted by Crippen LogP contribution is 2.25. The Balaban J connectivity index is 2.17. The smallest absolute Gasteiger partial charge is 0.284 e. The summed E-state index contributed by atoms with van der Waals surface area (Å²) in [6.07, 6.45) is 0.